The average molecular weight is 513 g/mol. The summed E-state index contributed by atoms with van der Waals surface area (Å²) in [5, 5.41) is 2.74. The van der Waals surface area contributed by atoms with Gasteiger partial charge in [-0.05, 0) is 36.6 Å². The van der Waals surface area contributed by atoms with Crippen LogP contribution in [0.25, 0.3) is 0 Å². The van der Waals surface area contributed by atoms with Crippen molar-refractivity contribution in [3.8, 4) is 0 Å². The maximum atomic E-state index is 13.2. The molecule has 0 spiro atoms. The maximum Gasteiger partial charge on any atom is 0.416 e. The molecule has 0 fully saturated rings. The number of hydrogen-bond donors (Lipinski definition) is 1. The molecule has 1 atom stereocenters. The minimum Gasteiger partial charge on any atom is -0.447 e. The van der Waals surface area contributed by atoms with Crippen molar-refractivity contribution in [3.05, 3.63) is 88.6 Å². The summed E-state index contributed by atoms with van der Waals surface area (Å²) in [4.78, 5) is 18.0. The predicted molar refractivity (Wildman–Crippen MR) is 120 cm³/mol. The van der Waals surface area contributed by atoms with Gasteiger partial charge in [0.2, 0.25) is 5.89 Å². The second kappa shape index (κ2) is 11.2. The fourth-order valence-electron chi connectivity index (χ4n) is 3.46. The van der Waals surface area contributed by atoms with Gasteiger partial charge in [-0.1, -0.05) is 43.3 Å². The van der Waals surface area contributed by atoms with Crippen LogP contribution in [-0.2, 0) is 32.0 Å². The van der Waals surface area contributed by atoms with Crippen LogP contribution in [0.15, 0.2) is 59.2 Å². The molecule has 0 saturated heterocycles. The summed E-state index contributed by atoms with van der Waals surface area (Å²) >= 11 is 0. The molecule has 0 saturated carbocycles. The molecule has 11 heteroatoms. The zero-order valence-corrected chi connectivity index (χ0v) is 19.6. The summed E-state index contributed by atoms with van der Waals surface area (Å²) in [7, 11) is 0. The summed E-state index contributed by atoms with van der Waals surface area (Å²) in [6.45, 7) is 3.61. The number of carbonyl (C=O) groups is 1. The molecule has 0 aliphatic carbocycles. The van der Waals surface area contributed by atoms with Gasteiger partial charge in [0.25, 0.3) is 5.91 Å². The highest BCUT2D eigenvalue weighted by molar-refractivity contribution is 5.92. The Hall–Kier alpha value is -3.34. The number of carbonyl (C=O) groups excluding carboxylic acids is 1. The highest BCUT2D eigenvalue weighted by atomic mass is 19.4. The van der Waals surface area contributed by atoms with E-state index in [2.05, 4.69) is 10.3 Å². The van der Waals surface area contributed by atoms with Gasteiger partial charge < -0.3 is 9.73 Å². The van der Waals surface area contributed by atoms with Crippen molar-refractivity contribution in [1.82, 2.24) is 15.2 Å². The molecule has 1 aromatic heterocycles. The molecule has 2 aromatic carbocycles. The van der Waals surface area contributed by atoms with E-state index in [9.17, 15) is 31.1 Å². The molecule has 5 nitrogen and oxygen atoms in total. The SMILES string of the molecule is CC[C@H](C)NC(=O)c1coc(CN(Cc2cccc(C(F)(F)F)c2)Cc2cccc(C(F)(F)F)c2)n1. The number of aromatic nitrogens is 1. The third-order valence-electron chi connectivity index (χ3n) is 5.45. The normalized spacial score (nSPS) is 13.1. The van der Waals surface area contributed by atoms with E-state index < -0.39 is 29.4 Å². The van der Waals surface area contributed by atoms with Gasteiger partial charge >= 0.3 is 12.4 Å². The van der Waals surface area contributed by atoms with Crippen LogP contribution in [0.1, 0.15) is 58.9 Å². The average Bonchev–Trinajstić information content (AvgIpc) is 3.27. The Morgan fingerprint density at radius 1 is 0.944 bits per heavy atom. The number of halogens is 6. The van der Waals surface area contributed by atoms with Crippen LogP contribution in [0.4, 0.5) is 26.3 Å². The van der Waals surface area contributed by atoms with Gasteiger partial charge in [0.1, 0.15) is 6.26 Å². The minimum absolute atomic E-state index is 0.0308. The molecule has 1 N–H and O–H groups in total. The Morgan fingerprint density at radius 2 is 1.47 bits per heavy atom. The van der Waals surface area contributed by atoms with Crippen molar-refractivity contribution in [2.24, 2.45) is 0 Å². The number of nitrogens with one attached hydrogen (secondary N) is 1. The lowest BCUT2D eigenvalue weighted by Gasteiger charge is -2.22. The van der Waals surface area contributed by atoms with Crippen molar-refractivity contribution in [1.29, 1.82) is 0 Å². The quantitative estimate of drug-likeness (QED) is 0.335. The fourth-order valence-corrected chi connectivity index (χ4v) is 3.46. The monoisotopic (exact) mass is 513 g/mol. The van der Waals surface area contributed by atoms with E-state index in [-0.39, 0.29) is 37.3 Å². The summed E-state index contributed by atoms with van der Waals surface area (Å²) in [5.41, 5.74) is -1.03. The molecule has 3 aromatic rings. The van der Waals surface area contributed by atoms with E-state index in [0.29, 0.717) is 17.5 Å². The van der Waals surface area contributed by atoms with Crippen molar-refractivity contribution >= 4 is 5.91 Å². The largest absolute Gasteiger partial charge is 0.447 e. The van der Waals surface area contributed by atoms with Crippen molar-refractivity contribution in [2.75, 3.05) is 0 Å². The first-order valence-corrected chi connectivity index (χ1v) is 11.1. The molecule has 3 rings (SSSR count). The molecule has 1 heterocycles. The van der Waals surface area contributed by atoms with E-state index in [0.717, 1.165) is 24.3 Å². The second-order valence-electron chi connectivity index (χ2n) is 8.45. The molecule has 36 heavy (non-hydrogen) atoms. The standard InChI is InChI=1S/C25H25F6N3O2/c1-3-16(2)32-23(35)21-15-36-22(33-21)14-34(12-17-6-4-8-19(10-17)24(26,27)28)13-18-7-5-9-20(11-18)25(29,30)31/h4-11,15-16H,3,12-14H2,1-2H3,(H,32,35)/t16-/m0/s1. The highest BCUT2D eigenvalue weighted by Gasteiger charge is 2.31. The van der Waals surface area contributed by atoms with Crippen LogP contribution in [-0.4, -0.2) is 21.8 Å². The maximum absolute atomic E-state index is 13.2. The number of alkyl halides is 6. The van der Waals surface area contributed by atoms with Crippen LogP contribution < -0.4 is 5.32 Å². The summed E-state index contributed by atoms with van der Waals surface area (Å²) in [6.07, 6.45) is -7.21. The van der Waals surface area contributed by atoms with E-state index in [1.54, 1.807) is 4.90 Å². The molecule has 0 bridgehead atoms. The molecule has 1 amide bonds. The van der Waals surface area contributed by atoms with Crippen LogP contribution >= 0.6 is 0 Å². The van der Waals surface area contributed by atoms with Gasteiger partial charge in [-0.2, -0.15) is 26.3 Å². The van der Waals surface area contributed by atoms with Gasteiger partial charge in [0.05, 0.1) is 17.7 Å². The molecule has 0 unspecified atom stereocenters. The number of benzene rings is 2. The predicted octanol–water partition coefficient (Wildman–Crippen LogP) is 6.44. The van der Waals surface area contributed by atoms with Gasteiger partial charge in [0, 0.05) is 19.1 Å². The van der Waals surface area contributed by atoms with E-state index >= 15 is 0 Å². The van der Waals surface area contributed by atoms with E-state index in [1.807, 2.05) is 13.8 Å². The number of hydrogen-bond acceptors (Lipinski definition) is 4. The third kappa shape index (κ3) is 7.58. The van der Waals surface area contributed by atoms with E-state index in [1.165, 1.54) is 30.5 Å². The zero-order chi connectivity index (χ0) is 26.5. The minimum atomic E-state index is -4.54. The lowest BCUT2D eigenvalue weighted by atomic mass is 10.1. The van der Waals surface area contributed by atoms with E-state index in [4.69, 9.17) is 4.42 Å². The van der Waals surface area contributed by atoms with Crippen molar-refractivity contribution in [2.45, 2.75) is 58.3 Å². The Morgan fingerprint density at radius 3 is 1.94 bits per heavy atom. The second-order valence-corrected chi connectivity index (χ2v) is 8.45. The smallest absolute Gasteiger partial charge is 0.416 e. The van der Waals surface area contributed by atoms with Gasteiger partial charge in [-0.15, -0.1) is 0 Å². The van der Waals surface area contributed by atoms with Crippen molar-refractivity contribution < 1.29 is 35.6 Å². The lowest BCUT2D eigenvalue weighted by Crippen LogP contribution is -2.32. The highest BCUT2D eigenvalue weighted by Crippen LogP contribution is 2.31. The lowest BCUT2D eigenvalue weighted by molar-refractivity contribution is -0.138. The van der Waals surface area contributed by atoms with Crippen LogP contribution in [0, 0.1) is 0 Å². The summed E-state index contributed by atoms with van der Waals surface area (Å²) < 4.78 is 84.4. The first-order valence-electron chi connectivity index (χ1n) is 11.1. The number of amides is 1. The Labute approximate surface area is 204 Å². The first kappa shape index (κ1) is 27.3. The first-order chi connectivity index (χ1) is 16.8. The molecule has 0 aliphatic rings. The molecular weight excluding hydrogens is 488 g/mol. The zero-order valence-electron chi connectivity index (χ0n) is 19.6. The Bertz CT molecular complexity index is 1110. The summed E-state index contributed by atoms with van der Waals surface area (Å²) in [5.74, 6) is -0.343. The number of oxazole rings is 1. The Balaban J connectivity index is 1.85. The number of rotatable bonds is 9. The van der Waals surface area contributed by atoms with Gasteiger partial charge in [0.15, 0.2) is 5.69 Å². The summed E-state index contributed by atoms with van der Waals surface area (Å²) in [6, 6.07) is 9.29. The third-order valence-corrected chi connectivity index (χ3v) is 5.45. The van der Waals surface area contributed by atoms with Crippen LogP contribution in [0.3, 0.4) is 0 Å². The number of nitrogens with zero attached hydrogens (tertiary/aromatic N) is 2. The molecular formula is C25H25F6N3O2. The fraction of sp³-hybridized carbons (Fsp3) is 0.360. The van der Waals surface area contributed by atoms with Gasteiger partial charge in [-0.3, -0.25) is 9.69 Å². The topological polar surface area (TPSA) is 58.4 Å². The van der Waals surface area contributed by atoms with Crippen molar-refractivity contribution in [3.63, 3.8) is 0 Å². The molecule has 0 radical (unpaired) electrons. The van der Waals surface area contributed by atoms with Crippen LogP contribution in [0.2, 0.25) is 0 Å². The molecule has 194 valence electrons. The molecule has 0 aliphatic heterocycles. The Kier molecular flexibility index (Phi) is 8.44. The van der Waals surface area contributed by atoms with Crippen LogP contribution in [0.5, 0.6) is 0 Å². The van der Waals surface area contributed by atoms with Gasteiger partial charge in [-0.25, -0.2) is 4.98 Å².